The van der Waals surface area contributed by atoms with Crippen molar-refractivity contribution >= 4 is 12.1 Å². The van der Waals surface area contributed by atoms with Crippen LogP contribution in [0.25, 0.3) is 5.69 Å². The van der Waals surface area contributed by atoms with Gasteiger partial charge in [0.25, 0.3) is 5.91 Å². The largest absolute Gasteiger partial charge is 0.318 e. The van der Waals surface area contributed by atoms with Crippen LogP contribution in [0.4, 0.5) is 0 Å². The van der Waals surface area contributed by atoms with Crippen LogP contribution in [-0.4, -0.2) is 52.7 Å². The van der Waals surface area contributed by atoms with Crippen LogP contribution >= 0.6 is 0 Å². The molecule has 3 aromatic carbocycles. The molecule has 40 heavy (non-hydrogen) atoms. The zero-order valence-corrected chi connectivity index (χ0v) is 24.0. The van der Waals surface area contributed by atoms with Crippen molar-refractivity contribution in [2.24, 2.45) is 5.10 Å². The number of nitrogens with one attached hydrogen (secondary N) is 1. The third kappa shape index (κ3) is 6.58. The Morgan fingerprint density at radius 1 is 0.775 bits per heavy atom. The van der Waals surface area contributed by atoms with E-state index in [0.29, 0.717) is 5.56 Å². The highest BCUT2D eigenvalue weighted by molar-refractivity contribution is 5.95. The van der Waals surface area contributed by atoms with Gasteiger partial charge in [-0.05, 0) is 80.3 Å². The van der Waals surface area contributed by atoms with Crippen LogP contribution in [0.3, 0.4) is 0 Å². The first-order valence-corrected chi connectivity index (χ1v) is 14.0. The fourth-order valence-corrected chi connectivity index (χ4v) is 5.37. The molecule has 2 heterocycles. The van der Waals surface area contributed by atoms with Crippen molar-refractivity contribution in [3.05, 3.63) is 124 Å². The van der Waals surface area contributed by atoms with E-state index in [-0.39, 0.29) is 5.91 Å². The van der Waals surface area contributed by atoms with E-state index in [4.69, 9.17) is 0 Å². The second kappa shape index (κ2) is 12.5. The highest BCUT2D eigenvalue weighted by Gasteiger charge is 2.17. The zero-order valence-electron chi connectivity index (χ0n) is 24.0. The van der Waals surface area contributed by atoms with Crippen molar-refractivity contribution in [1.82, 2.24) is 19.8 Å². The van der Waals surface area contributed by atoms with Crippen LogP contribution in [0, 0.1) is 27.7 Å². The quantitative estimate of drug-likeness (QED) is 0.230. The minimum atomic E-state index is -0.208. The number of piperazine rings is 1. The van der Waals surface area contributed by atoms with Gasteiger partial charge in [0.1, 0.15) is 0 Å². The molecule has 206 valence electrons. The maximum absolute atomic E-state index is 12.7. The molecule has 4 aromatic rings. The molecule has 1 aromatic heterocycles. The second-order valence-electron chi connectivity index (χ2n) is 10.9. The lowest BCUT2D eigenvalue weighted by atomic mass is 10.1. The van der Waals surface area contributed by atoms with Crippen molar-refractivity contribution in [3.63, 3.8) is 0 Å². The highest BCUT2D eigenvalue weighted by Crippen LogP contribution is 2.22. The summed E-state index contributed by atoms with van der Waals surface area (Å²) in [7, 11) is 0. The van der Waals surface area contributed by atoms with Crippen molar-refractivity contribution in [2.75, 3.05) is 26.2 Å². The lowest BCUT2D eigenvalue weighted by molar-refractivity contribution is 0.0955. The summed E-state index contributed by atoms with van der Waals surface area (Å²) in [6.45, 7) is 14.6. The average Bonchev–Trinajstić information content (AvgIpc) is 3.24. The molecule has 0 atom stereocenters. The van der Waals surface area contributed by atoms with Gasteiger partial charge in [-0.2, -0.15) is 5.10 Å². The van der Waals surface area contributed by atoms with Gasteiger partial charge in [0, 0.05) is 67.5 Å². The van der Waals surface area contributed by atoms with Gasteiger partial charge in [0.15, 0.2) is 0 Å². The van der Waals surface area contributed by atoms with E-state index in [2.05, 4.69) is 107 Å². The van der Waals surface area contributed by atoms with Crippen LogP contribution in [0.1, 0.15) is 49.6 Å². The number of hydrazone groups is 1. The fraction of sp³-hybridized carbons (Fsp3) is 0.294. The van der Waals surface area contributed by atoms with Gasteiger partial charge >= 0.3 is 0 Å². The number of carbonyl (C=O) groups is 1. The first-order valence-electron chi connectivity index (χ1n) is 14.0. The van der Waals surface area contributed by atoms with Crippen molar-refractivity contribution in [1.29, 1.82) is 0 Å². The standard InChI is InChI=1S/C34H39N5O/c1-25-10-15-33(20-26(25)2)39-27(3)21-32(28(39)4)22-35-36-34(40)31-13-11-30(12-14-31)24-38-18-16-37(17-19-38)23-29-8-6-5-7-9-29/h5-15,20-22H,16-19,23-24H2,1-4H3,(H,36,40)/b35-22-. The second-order valence-corrected chi connectivity index (χ2v) is 10.9. The number of aryl methyl sites for hydroxylation is 3. The molecule has 1 N–H and O–H groups in total. The molecule has 0 unspecified atom stereocenters. The molecular formula is C34H39N5O. The Bertz CT molecular complexity index is 1480. The molecule has 6 heteroatoms. The Kier molecular flexibility index (Phi) is 8.58. The number of hydrogen-bond donors (Lipinski definition) is 1. The van der Waals surface area contributed by atoms with E-state index >= 15 is 0 Å². The zero-order chi connectivity index (χ0) is 28.1. The van der Waals surface area contributed by atoms with Gasteiger partial charge in [0.05, 0.1) is 6.21 Å². The third-order valence-electron chi connectivity index (χ3n) is 7.92. The van der Waals surface area contributed by atoms with E-state index in [1.165, 1.54) is 22.3 Å². The molecule has 0 aliphatic carbocycles. The number of hydrogen-bond acceptors (Lipinski definition) is 4. The fourth-order valence-electron chi connectivity index (χ4n) is 5.37. The predicted molar refractivity (Wildman–Crippen MR) is 163 cm³/mol. The maximum Gasteiger partial charge on any atom is 0.271 e. The molecule has 5 rings (SSSR count). The minimum Gasteiger partial charge on any atom is -0.318 e. The van der Waals surface area contributed by atoms with E-state index in [1.54, 1.807) is 6.21 Å². The van der Waals surface area contributed by atoms with E-state index < -0.39 is 0 Å². The van der Waals surface area contributed by atoms with E-state index in [0.717, 1.165) is 61.9 Å². The molecule has 1 aliphatic heterocycles. The lowest BCUT2D eigenvalue weighted by Gasteiger charge is -2.34. The maximum atomic E-state index is 12.7. The van der Waals surface area contributed by atoms with Gasteiger partial charge in [-0.1, -0.05) is 48.5 Å². The van der Waals surface area contributed by atoms with Gasteiger partial charge in [-0.25, -0.2) is 5.43 Å². The summed E-state index contributed by atoms with van der Waals surface area (Å²) in [6.07, 6.45) is 1.73. The summed E-state index contributed by atoms with van der Waals surface area (Å²) in [4.78, 5) is 17.7. The van der Waals surface area contributed by atoms with Crippen LogP contribution in [-0.2, 0) is 13.1 Å². The Morgan fingerprint density at radius 2 is 1.40 bits per heavy atom. The summed E-state index contributed by atoms with van der Waals surface area (Å²) in [5, 5.41) is 4.26. The van der Waals surface area contributed by atoms with Gasteiger partial charge in [-0.3, -0.25) is 14.6 Å². The molecule has 0 bridgehead atoms. The Morgan fingerprint density at radius 3 is 2.02 bits per heavy atom. The third-order valence-corrected chi connectivity index (χ3v) is 7.92. The molecular weight excluding hydrogens is 494 g/mol. The van der Waals surface area contributed by atoms with Crippen molar-refractivity contribution in [3.8, 4) is 5.69 Å². The number of nitrogens with zero attached hydrogens (tertiary/aromatic N) is 4. The molecule has 0 spiro atoms. The van der Waals surface area contributed by atoms with Gasteiger partial charge in [0.2, 0.25) is 0 Å². The number of aromatic nitrogens is 1. The Hall–Kier alpha value is -4.00. The summed E-state index contributed by atoms with van der Waals surface area (Å²) in [5.74, 6) is -0.208. The monoisotopic (exact) mass is 533 g/mol. The molecule has 6 nitrogen and oxygen atoms in total. The van der Waals surface area contributed by atoms with Crippen molar-refractivity contribution < 1.29 is 4.79 Å². The summed E-state index contributed by atoms with van der Waals surface area (Å²) in [6, 6.07) is 27.1. The molecule has 1 aliphatic rings. The number of amides is 1. The molecule has 1 saturated heterocycles. The molecule has 0 saturated carbocycles. The molecule has 0 radical (unpaired) electrons. The van der Waals surface area contributed by atoms with E-state index in [9.17, 15) is 4.79 Å². The van der Waals surface area contributed by atoms with Crippen molar-refractivity contribution in [2.45, 2.75) is 40.8 Å². The van der Waals surface area contributed by atoms with E-state index in [1.807, 2.05) is 24.3 Å². The van der Waals surface area contributed by atoms with Crippen LogP contribution in [0.2, 0.25) is 0 Å². The lowest BCUT2D eigenvalue weighted by Crippen LogP contribution is -2.45. The van der Waals surface area contributed by atoms with Gasteiger partial charge < -0.3 is 4.57 Å². The van der Waals surface area contributed by atoms with Crippen LogP contribution < -0.4 is 5.43 Å². The summed E-state index contributed by atoms with van der Waals surface area (Å²) in [5.41, 5.74) is 12.8. The summed E-state index contributed by atoms with van der Waals surface area (Å²) < 4.78 is 2.22. The Labute approximate surface area is 237 Å². The van der Waals surface area contributed by atoms with Crippen LogP contribution in [0.5, 0.6) is 0 Å². The minimum absolute atomic E-state index is 0.208. The normalized spacial score (nSPS) is 14.6. The predicted octanol–water partition coefficient (Wildman–Crippen LogP) is 5.79. The summed E-state index contributed by atoms with van der Waals surface area (Å²) >= 11 is 0. The number of carbonyl (C=O) groups excluding carboxylic acids is 1. The SMILES string of the molecule is Cc1ccc(-n2c(C)cc(/C=N\NC(=O)c3ccc(CN4CCN(Cc5ccccc5)CC4)cc3)c2C)cc1C. The highest BCUT2D eigenvalue weighted by atomic mass is 16.2. The number of rotatable bonds is 8. The van der Waals surface area contributed by atoms with Gasteiger partial charge in [-0.15, -0.1) is 0 Å². The first kappa shape index (κ1) is 27.6. The molecule has 1 fully saturated rings. The smallest absolute Gasteiger partial charge is 0.271 e. The topological polar surface area (TPSA) is 52.9 Å². The van der Waals surface area contributed by atoms with Crippen LogP contribution in [0.15, 0.2) is 84.0 Å². The Balaban J connectivity index is 1.12. The average molecular weight is 534 g/mol. The molecule has 1 amide bonds. The number of benzene rings is 3. The first-order chi connectivity index (χ1) is 19.4.